The highest BCUT2D eigenvalue weighted by molar-refractivity contribution is 7.47. The van der Waals surface area contributed by atoms with E-state index >= 15 is 0 Å². The molecule has 0 spiro atoms. The van der Waals surface area contributed by atoms with Crippen molar-refractivity contribution in [2.75, 3.05) is 26.4 Å². The number of carbonyl (C=O) groups excluding carboxylic acids is 2. The van der Waals surface area contributed by atoms with Gasteiger partial charge in [0, 0.05) is 19.4 Å². The average Bonchev–Trinajstić information content (AvgIpc) is 3.20. The topological polar surface area (TPSA) is 134 Å². The summed E-state index contributed by atoms with van der Waals surface area (Å²) in [5, 5.41) is 0. The van der Waals surface area contributed by atoms with Gasteiger partial charge in [-0.3, -0.25) is 18.6 Å². The summed E-state index contributed by atoms with van der Waals surface area (Å²) < 4.78 is 32.6. The zero-order valence-corrected chi connectivity index (χ0v) is 36.4. The number of allylic oxidation sites excluding steroid dienone is 16. The molecule has 0 aliphatic heterocycles. The Morgan fingerprint density at radius 2 is 1.00 bits per heavy atom. The highest BCUT2D eigenvalue weighted by Gasteiger charge is 2.25. The zero-order chi connectivity index (χ0) is 41.8. The smallest absolute Gasteiger partial charge is 0.462 e. The summed E-state index contributed by atoms with van der Waals surface area (Å²) in [6, 6.07) is 0. The van der Waals surface area contributed by atoms with Gasteiger partial charge in [-0.2, -0.15) is 0 Å². The third kappa shape index (κ3) is 42.4. The van der Waals surface area contributed by atoms with Gasteiger partial charge in [-0.1, -0.05) is 156 Å². The number of nitrogens with two attached hydrogens (primary N) is 1. The molecule has 0 radical (unpaired) electrons. The van der Waals surface area contributed by atoms with E-state index in [1.807, 2.05) is 12.2 Å². The summed E-state index contributed by atoms with van der Waals surface area (Å²) in [7, 11) is -4.40. The Kier molecular flexibility index (Phi) is 40.2. The van der Waals surface area contributed by atoms with E-state index in [1.165, 1.54) is 38.5 Å². The first kappa shape index (κ1) is 53.9. The van der Waals surface area contributed by atoms with Crippen LogP contribution in [0.2, 0.25) is 0 Å². The minimum atomic E-state index is -4.40. The summed E-state index contributed by atoms with van der Waals surface area (Å²) in [6.45, 7) is 3.48. The third-order valence-electron chi connectivity index (χ3n) is 8.47. The second kappa shape index (κ2) is 42.5. The average molecular weight is 816 g/mol. The molecule has 3 N–H and O–H groups in total. The Hall–Kier alpha value is -3.07. The predicted molar refractivity (Wildman–Crippen MR) is 238 cm³/mol. The molecule has 0 saturated carbocycles. The molecule has 0 rings (SSSR count). The van der Waals surface area contributed by atoms with Crippen molar-refractivity contribution in [3.63, 3.8) is 0 Å². The van der Waals surface area contributed by atoms with Crippen LogP contribution in [0, 0.1) is 0 Å². The normalized spacial score (nSPS) is 14.2. The molecule has 0 heterocycles. The largest absolute Gasteiger partial charge is 0.472 e. The van der Waals surface area contributed by atoms with E-state index in [9.17, 15) is 19.0 Å². The lowest BCUT2D eigenvalue weighted by atomic mass is 10.1. The van der Waals surface area contributed by atoms with Gasteiger partial charge in [0.05, 0.1) is 13.2 Å². The first-order chi connectivity index (χ1) is 27.8. The van der Waals surface area contributed by atoms with Gasteiger partial charge >= 0.3 is 19.8 Å². The van der Waals surface area contributed by atoms with Crippen molar-refractivity contribution < 1.29 is 37.6 Å². The van der Waals surface area contributed by atoms with Crippen LogP contribution in [0.1, 0.15) is 155 Å². The van der Waals surface area contributed by atoms with Crippen LogP contribution in [0.15, 0.2) is 97.2 Å². The number of phosphoric acid groups is 1. The molecule has 9 nitrogen and oxygen atoms in total. The van der Waals surface area contributed by atoms with E-state index in [4.69, 9.17) is 24.3 Å². The molecule has 0 amide bonds. The highest BCUT2D eigenvalue weighted by atomic mass is 31.2. The summed E-state index contributed by atoms with van der Waals surface area (Å²) >= 11 is 0. The summed E-state index contributed by atoms with van der Waals surface area (Å²) in [5.41, 5.74) is 5.34. The number of ether oxygens (including phenoxy) is 2. The number of rotatable bonds is 39. The first-order valence-electron chi connectivity index (χ1n) is 21.7. The first-order valence-corrected chi connectivity index (χ1v) is 23.2. The van der Waals surface area contributed by atoms with Crippen molar-refractivity contribution in [2.45, 2.75) is 161 Å². The fraction of sp³-hybridized carbons (Fsp3) is 0.617. The molecule has 57 heavy (non-hydrogen) atoms. The number of hydrogen-bond acceptors (Lipinski definition) is 8. The maximum atomic E-state index is 12.5. The molecule has 2 unspecified atom stereocenters. The standard InChI is InChI=1S/C47H78NO8P/c1-3-5-7-9-11-13-15-17-18-19-20-21-22-23-24-25-26-28-29-31-33-35-37-39-46(49)53-43-45(44-55-57(51,52)54-42-41-48)56-47(50)40-38-36-34-32-30-27-16-14-12-10-8-6-4-2/h5,7,11,13,17-18,20-21,23-24,26-28,30,34,36,45H,3-4,6,8-10,12,14-16,19,22,25,29,31-33,35,37-44,48H2,1-2H3,(H,51,52)/b7-5+,13-11+,18-17+,21-20+,24-23+,28-26+,30-27+,36-34+. The van der Waals surface area contributed by atoms with Crippen LogP contribution in [0.4, 0.5) is 0 Å². The van der Waals surface area contributed by atoms with Crippen LogP contribution >= 0.6 is 7.82 Å². The molecule has 0 aromatic rings. The quantitative estimate of drug-likeness (QED) is 0.0269. The zero-order valence-electron chi connectivity index (χ0n) is 35.5. The second-order valence-corrected chi connectivity index (χ2v) is 15.3. The Morgan fingerprint density at radius 1 is 0.544 bits per heavy atom. The van der Waals surface area contributed by atoms with Gasteiger partial charge in [0.25, 0.3) is 0 Å². The Bertz CT molecular complexity index is 1250. The summed E-state index contributed by atoms with van der Waals surface area (Å²) in [5.74, 6) is -0.947. The number of unbranched alkanes of at least 4 members (excludes halogenated alkanes) is 10. The lowest BCUT2D eigenvalue weighted by molar-refractivity contribution is -0.161. The lowest BCUT2D eigenvalue weighted by Crippen LogP contribution is -2.29. The molecule has 0 aliphatic rings. The van der Waals surface area contributed by atoms with Gasteiger partial charge < -0.3 is 20.1 Å². The fourth-order valence-electron chi connectivity index (χ4n) is 5.28. The van der Waals surface area contributed by atoms with Gasteiger partial charge in [0.2, 0.25) is 0 Å². The van der Waals surface area contributed by atoms with Crippen LogP contribution in [-0.4, -0.2) is 49.3 Å². The molecule has 0 bridgehead atoms. The third-order valence-corrected chi connectivity index (χ3v) is 9.45. The van der Waals surface area contributed by atoms with Crippen molar-refractivity contribution in [1.82, 2.24) is 0 Å². The fourth-order valence-corrected chi connectivity index (χ4v) is 6.04. The monoisotopic (exact) mass is 816 g/mol. The van der Waals surface area contributed by atoms with E-state index in [0.717, 1.165) is 77.0 Å². The maximum absolute atomic E-state index is 12.5. The van der Waals surface area contributed by atoms with Crippen molar-refractivity contribution in [1.29, 1.82) is 0 Å². The van der Waals surface area contributed by atoms with E-state index in [1.54, 1.807) is 0 Å². The number of carbonyl (C=O) groups is 2. The summed E-state index contributed by atoms with van der Waals surface area (Å²) in [4.78, 5) is 34.8. The Labute approximate surface area is 346 Å². The Morgan fingerprint density at radius 3 is 1.51 bits per heavy atom. The molecule has 0 aromatic carbocycles. The van der Waals surface area contributed by atoms with Crippen molar-refractivity contribution in [2.24, 2.45) is 5.73 Å². The SMILES string of the molecule is CC/C=C/C/C=C/C/C=C/C/C=C/C/C=C/C/C=C/CCCCCCC(=O)OCC(COP(=O)(O)OCCN)OC(=O)CC/C=C/C/C=C/CCCCCCCC. The van der Waals surface area contributed by atoms with E-state index < -0.39 is 32.5 Å². The minimum Gasteiger partial charge on any atom is -0.462 e. The highest BCUT2D eigenvalue weighted by Crippen LogP contribution is 2.43. The lowest BCUT2D eigenvalue weighted by Gasteiger charge is -2.19. The molecule has 2 atom stereocenters. The molecule has 0 fully saturated rings. The van der Waals surface area contributed by atoms with E-state index in [-0.39, 0.29) is 32.6 Å². The van der Waals surface area contributed by atoms with Gasteiger partial charge in [0.1, 0.15) is 6.61 Å². The predicted octanol–water partition coefficient (Wildman–Crippen LogP) is 12.6. The van der Waals surface area contributed by atoms with Crippen molar-refractivity contribution in [3.8, 4) is 0 Å². The van der Waals surface area contributed by atoms with Crippen molar-refractivity contribution >= 4 is 19.8 Å². The molecule has 0 saturated heterocycles. The number of hydrogen-bond donors (Lipinski definition) is 2. The molecule has 324 valence electrons. The molecule has 0 aliphatic carbocycles. The van der Waals surface area contributed by atoms with E-state index in [0.29, 0.717) is 12.8 Å². The maximum Gasteiger partial charge on any atom is 0.472 e. The van der Waals surface area contributed by atoms with Gasteiger partial charge in [-0.05, 0) is 83.5 Å². The van der Waals surface area contributed by atoms with Crippen LogP contribution < -0.4 is 5.73 Å². The van der Waals surface area contributed by atoms with Crippen molar-refractivity contribution in [3.05, 3.63) is 97.2 Å². The molecular weight excluding hydrogens is 737 g/mol. The molecule has 0 aromatic heterocycles. The van der Waals surface area contributed by atoms with Gasteiger partial charge in [-0.15, -0.1) is 0 Å². The van der Waals surface area contributed by atoms with Crippen LogP contribution in [0.25, 0.3) is 0 Å². The van der Waals surface area contributed by atoms with E-state index in [2.05, 4.69) is 98.9 Å². The summed E-state index contributed by atoms with van der Waals surface area (Å²) in [6.07, 6.45) is 54.6. The van der Waals surface area contributed by atoms with Gasteiger partial charge in [0.15, 0.2) is 6.10 Å². The van der Waals surface area contributed by atoms with Crippen LogP contribution in [0.5, 0.6) is 0 Å². The minimum absolute atomic E-state index is 0.0366. The number of phosphoric ester groups is 1. The number of esters is 2. The van der Waals surface area contributed by atoms with Gasteiger partial charge in [-0.25, -0.2) is 4.57 Å². The van der Waals surface area contributed by atoms with Crippen LogP contribution in [0.3, 0.4) is 0 Å². The molecular formula is C47H78NO8P. The van der Waals surface area contributed by atoms with Crippen LogP contribution in [-0.2, 0) is 32.7 Å². The molecule has 10 heteroatoms. The Balaban J connectivity index is 4.26. The second-order valence-electron chi connectivity index (χ2n) is 13.8.